The van der Waals surface area contributed by atoms with Crippen LogP contribution in [0.1, 0.15) is 46.0 Å². The van der Waals surface area contributed by atoms with E-state index in [-0.39, 0.29) is 6.09 Å². The van der Waals surface area contributed by atoms with Crippen LogP contribution in [0.2, 0.25) is 0 Å². The maximum absolute atomic E-state index is 11.5. The summed E-state index contributed by atoms with van der Waals surface area (Å²) in [5.74, 6) is 0.708. The van der Waals surface area contributed by atoms with Gasteiger partial charge in [0, 0.05) is 13.1 Å². The molecule has 0 aromatic rings. The number of carbonyl (C=O) groups excluding carboxylic acids is 1. The first-order valence-electron chi connectivity index (χ1n) is 6.19. The number of rotatable bonds is 5. The topological polar surface area (TPSA) is 29.5 Å². The van der Waals surface area contributed by atoms with Crippen LogP contribution in [0.15, 0.2) is 0 Å². The van der Waals surface area contributed by atoms with Gasteiger partial charge in [-0.05, 0) is 25.2 Å². The second-order valence-electron chi connectivity index (χ2n) is 4.36. The van der Waals surface area contributed by atoms with E-state index in [2.05, 4.69) is 6.92 Å². The molecule has 1 saturated heterocycles. The van der Waals surface area contributed by atoms with Crippen molar-refractivity contribution in [1.29, 1.82) is 0 Å². The van der Waals surface area contributed by atoms with E-state index < -0.39 is 0 Å². The molecule has 1 amide bonds. The van der Waals surface area contributed by atoms with Gasteiger partial charge in [0.25, 0.3) is 0 Å². The van der Waals surface area contributed by atoms with E-state index in [4.69, 9.17) is 4.74 Å². The van der Waals surface area contributed by atoms with Crippen LogP contribution in [0.25, 0.3) is 0 Å². The molecule has 3 nitrogen and oxygen atoms in total. The highest BCUT2D eigenvalue weighted by molar-refractivity contribution is 5.67. The van der Waals surface area contributed by atoms with E-state index in [0.29, 0.717) is 12.5 Å². The Labute approximate surface area is 92.8 Å². The summed E-state index contributed by atoms with van der Waals surface area (Å²) in [4.78, 5) is 13.4. The standard InChI is InChI=1S/C12H23NO2/c1-3-5-6-11-7-8-13(10-11)12(14)15-9-4-2/h11H,3-10H2,1-2H3. The van der Waals surface area contributed by atoms with Crippen molar-refractivity contribution in [3.05, 3.63) is 0 Å². The summed E-state index contributed by atoms with van der Waals surface area (Å²) >= 11 is 0. The minimum absolute atomic E-state index is 0.115. The van der Waals surface area contributed by atoms with Crippen molar-refractivity contribution in [2.75, 3.05) is 19.7 Å². The van der Waals surface area contributed by atoms with Crippen LogP contribution in [0.3, 0.4) is 0 Å². The van der Waals surface area contributed by atoms with Gasteiger partial charge in [-0.15, -0.1) is 0 Å². The molecule has 0 aliphatic carbocycles. The summed E-state index contributed by atoms with van der Waals surface area (Å²) in [6.07, 6.45) is 5.73. The molecule has 1 unspecified atom stereocenters. The zero-order valence-corrected chi connectivity index (χ0v) is 10.00. The van der Waals surface area contributed by atoms with Crippen molar-refractivity contribution in [1.82, 2.24) is 4.90 Å². The van der Waals surface area contributed by atoms with Gasteiger partial charge in [-0.3, -0.25) is 0 Å². The molecule has 0 saturated carbocycles. The van der Waals surface area contributed by atoms with Crippen molar-refractivity contribution in [2.45, 2.75) is 46.0 Å². The quantitative estimate of drug-likeness (QED) is 0.702. The van der Waals surface area contributed by atoms with Crippen LogP contribution >= 0.6 is 0 Å². The zero-order valence-electron chi connectivity index (χ0n) is 10.00. The zero-order chi connectivity index (χ0) is 11.1. The Kier molecular flexibility index (Phi) is 5.51. The molecule has 0 bridgehead atoms. The van der Waals surface area contributed by atoms with Crippen molar-refractivity contribution in [3.8, 4) is 0 Å². The van der Waals surface area contributed by atoms with E-state index >= 15 is 0 Å². The van der Waals surface area contributed by atoms with Gasteiger partial charge >= 0.3 is 6.09 Å². The molecule has 1 heterocycles. The highest BCUT2D eigenvalue weighted by Gasteiger charge is 2.26. The lowest BCUT2D eigenvalue weighted by Crippen LogP contribution is -2.29. The lowest BCUT2D eigenvalue weighted by Gasteiger charge is -2.15. The molecule has 1 aliphatic heterocycles. The van der Waals surface area contributed by atoms with Crippen LogP contribution in [-0.2, 0) is 4.74 Å². The summed E-state index contributed by atoms with van der Waals surface area (Å²) in [5, 5.41) is 0. The van der Waals surface area contributed by atoms with Crippen LogP contribution in [-0.4, -0.2) is 30.7 Å². The number of likely N-dealkylation sites (tertiary alicyclic amines) is 1. The summed E-state index contributed by atoms with van der Waals surface area (Å²) in [6.45, 7) is 6.57. The average molecular weight is 213 g/mol. The Morgan fingerprint density at radius 1 is 1.40 bits per heavy atom. The molecule has 1 fully saturated rings. The average Bonchev–Trinajstić information content (AvgIpc) is 2.71. The van der Waals surface area contributed by atoms with E-state index in [9.17, 15) is 4.79 Å². The number of unbranched alkanes of at least 4 members (excludes halogenated alkanes) is 1. The second-order valence-corrected chi connectivity index (χ2v) is 4.36. The molecule has 0 spiro atoms. The number of carbonyl (C=O) groups is 1. The van der Waals surface area contributed by atoms with Crippen LogP contribution in [0, 0.1) is 5.92 Å². The SMILES string of the molecule is CCCCC1CCN(C(=O)OCCC)C1. The van der Waals surface area contributed by atoms with Crippen molar-refractivity contribution < 1.29 is 9.53 Å². The first-order valence-corrected chi connectivity index (χ1v) is 6.19. The summed E-state index contributed by atoms with van der Waals surface area (Å²) in [5.41, 5.74) is 0. The number of hydrogen-bond acceptors (Lipinski definition) is 2. The number of ether oxygens (including phenoxy) is 1. The number of hydrogen-bond donors (Lipinski definition) is 0. The summed E-state index contributed by atoms with van der Waals surface area (Å²) in [6, 6.07) is 0. The minimum atomic E-state index is -0.115. The van der Waals surface area contributed by atoms with Gasteiger partial charge in [-0.25, -0.2) is 4.79 Å². The van der Waals surface area contributed by atoms with Gasteiger partial charge in [0.2, 0.25) is 0 Å². The van der Waals surface area contributed by atoms with E-state index in [0.717, 1.165) is 25.9 Å². The molecule has 0 aromatic carbocycles. The highest BCUT2D eigenvalue weighted by atomic mass is 16.6. The molecule has 1 rings (SSSR count). The van der Waals surface area contributed by atoms with Gasteiger partial charge in [-0.2, -0.15) is 0 Å². The maximum Gasteiger partial charge on any atom is 0.409 e. The Morgan fingerprint density at radius 2 is 2.20 bits per heavy atom. The molecular formula is C12H23NO2. The van der Waals surface area contributed by atoms with Crippen molar-refractivity contribution in [3.63, 3.8) is 0 Å². The lowest BCUT2D eigenvalue weighted by atomic mass is 10.0. The fourth-order valence-corrected chi connectivity index (χ4v) is 2.01. The molecule has 0 aromatic heterocycles. The Hall–Kier alpha value is -0.730. The first-order chi connectivity index (χ1) is 7.27. The predicted octanol–water partition coefficient (Wildman–Crippen LogP) is 3.05. The normalized spacial score (nSPS) is 20.7. The predicted molar refractivity (Wildman–Crippen MR) is 60.8 cm³/mol. The van der Waals surface area contributed by atoms with E-state index in [1.165, 1.54) is 19.3 Å². The van der Waals surface area contributed by atoms with Gasteiger partial charge in [0.15, 0.2) is 0 Å². The third kappa shape index (κ3) is 4.10. The van der Waals surface area contributed by atoms with Crippen LogP contribution < -0.4 is 0 Å². The van der Waals surface area contributed by atoms with Crippen LogP contribution in [0.4, 0.5) is 4.79 Å². The van der Waals surface area contributed by atoms with Crippen molar-refractivity contribution >= 4 is 6.09 Å². The molecule has 1 atom stereocenters. The third-order valence-corrected chi connectivity index (χ3v) is 2.94. The molecule has 0 N–H and O–H groups in total. The smallest absolute Gasteiger partial charge is 0.409 e. The lowest BCUT2D eigenvalue weighted by molar-refractivity contribution is 0.109. The highest BCUT2D eigenvalue weighted by Crippen LogP contribution is 2.22. The maximum atomic E-state index is 11.5. The minimum Gasteiger partial charge on any atom is -0.449 e. The largest absolute Gasteiger partial charge is 0.449 e. The Morgan fingerprint density at radius 3 is 2.87 bits per heavy atom. The third-order valence-electron chi connectivity index (χ3n) is 2.94. The van der Waals surface area contributed by atoms with Crippen molar-refractivity contribution in [2.24, 2.45) is 5.92 Å². The Balaban J connectivity index is 2.20. The molecule has 3 heteroatoms. The molecule has 88 valence electrons. The van der Waals surface area contributed by atoms with Gasteiger partial charge in [-0.1, -0.05) is 26.7 Å². The molecule has 1 aliphatic rings. The number of amides is 1. The fourth-order valence-electron chi connectivity index (χ4n) is 2.01. The van der Waals surface area contributed by atoms with Gasteiger partial charge < -0.3 is 9.64 Å². The molecule has 0 radical (unpaired) electrons. The summed E-state index contributed by atoms with van der Waals surface area (Å²) in [7, 11) is 0. The molecular weight excluding hydrogens is 190 g/mol. The Bertz CT molecular complexity index is 194. The monoisotopic (exact) mass is 213 g/mol. The van der Waals surface area contributed by atoms with Gasteiger partial charge in [0.1, 0.15) is 0 Å². The van der Waals surface area contributed by atoms with E-state index in [1.54, 1.807) is 0 Å². The fraction of sp³-hybridized carbons (Fsp3) is 0.917. The van der Waals surface area contributed by atoms with E-state index in [1.807, 2.05) is 11.8 Å². The first kappa shape index (κ1) is 12.3. The van der Waals surface area contributed by atoms with Gasteiger partial charge in [0.05, 0.1) is 6.61 Å². The van der Waals surface area contributed by atoms with Crippen LogP contribution in [0.5, 0.6) is 0 Å². The summed E-state index contributed by atoms with van der Waals surface area (Å²) < 4.78 is 5.11. The second kappa shape index (κ2) is 6.70. The molecule has 15 heavy (non-hydrogen) atoms. The number of nitrogens with zero attached hydrogens (tertiary/aromatic N) is 1.